The van der Waals surface area contributed by atoms with Gasteiger partial charge in [-0.2, -0.15) is 0 Å². The van der Waals surface area contributed by atoms with E-state index in [1.807, 2.05) is 24.3 Å². The van der Waals surface area contributed by atoms with Gasteiger partial charge in [0.25, 0.3) is 0 Å². The Labute approximate surface area is 117 Å². The first-order chi connectivity index (χ1) is 9.11. The predicted octanol–water partition coefficient (Wildman–Crippen LogP) is 2.10. The molecule has 1 aromatic carbocycles. The third-order valence-corrected chi connectivity index (χ3v) is 3.08. The first kappa shape index (κ1) is 15.3. The van der Waals surface area contributed by atoms with Gasteiger partial charge >= 0.3 is 0 Å². The van der Waals surface area contributed by atoms with Crippen LogP contribution in [-0.4, -0.2) is 30.4 Å². The summed E-state index contributed by atoms with van der Waals surface area (Å²) in [6.07, 6.45) is 3.29. The Morgan fingerprint density at radius 3 is 2.58 bits per heavy atom. The van der Waals surface area contributed by atoms with Crippen molar-refractivity contribution in [3.05, 3.63) is 35.9 Å². The van der Waals surface area contributed by atoms with Crippen molar-refractivity contribution in [2.24, 2.45) is 0 Å². The Kier molecular flexibility index (Phi) is 6.74. The molecule has 102 valence electrons. The fraction of sp³-hybridized carbons (Fsp3) is 0.286. The van der Waals surface area contributed by atoms with E-state index in [0.29, 0.717) is 12.3 Å². The minimum absolute atomic E-state index is 0.0267. The number of methoxy groups -OCH3 is 1. The number of ether oxygens (including phenoxy) is 1. The molecule has 0 aromatic heterocycles. The Balaban J connectivity index is 2.34. The van der Waals surface area contributed by atoms with Gasteiger partial charge in [-0.1, -0.05) is 30.0 Å². The van der Waals surface area contributed by atoms with Gasteiger partial charge in [-0.15, -0.1) is 0 Å². The molecule has 19 heavy (non-hydrogen) atoms. The molecule has 1 amide bonds. The molecule has 1 rings (SSSR count). The van der Waals surface area contributed by atoms with Crippen molar-refractivity contribution in [2.75, 3.05) is 19.4 Å². The molecule has 5 heteroatoms. The second-order valence-electron chi connectivity index (χ2n) is 3.76. The number of thioether (sulfide) groups is 1. The Hall–Kier alpha value is -1.75. The zero-order valence-electron chi connectivity index (χ0n) is 11.0. The first-order valence-electron chi connectivity index (χ1n) is 5.85. The van der Waals surface area contributed by atoms with Gasteiger partial charge in [0.2, 0.25) is 11.0 Å². The zero-order valence-corrected chi connectivity index (χ0v) is 11.8. The smallest absolute Gasteiger partial charge is 0.216 e. The lowest BCUT2D eigenvalue weighted by Gasteiger charge is -2.00. The number of benzene rings is 1. The fourth-order valence-corrected chi connectivity index (χ4v) is 1.88. The average molecular weight is 279 g/mol. The van der Waals surface area contributed by atoms with Gasteiger partial charge in [0.15, 0.2) is 0 Å². The molecule has 1 N–H and O–H groups in total. The highest BCUT2D eigenvalue weighted by molar-refractivity contribution is 8.14. The highest BCUT2D eigenvalue weighted by Gasteiger charge is 1.98. The monoisotopic (exact) mass is 279 g/mol. The lowest BCUT2D eigenvalue weighted by molar-refractivity contribution is -0.118. The number of carbonyl (C=O) groups is 2. The molecule has 0 aliphatic carbocycles. The maximum atomic E-state index is 11.5. The van der Waals surface area contributed by atoms with Crippen molar-refractivity contribution in [1.82, 2.24) is 5.32 Å². The lowest BCUT2D eigenvalue weighted by Crippen LogP contribution is -2.22. The van der Waals surface area contributed by atoms with Crippen LogP contribution in [0.1, 0.15) is 12.5 Å². The van der Waals surface area contributed by atoms with Crippen LogP contribution in [0.3, 0.4) is 0 Å². The summed E-state index contributed by atoms with van der Waals surface area (Å²) < 4.78 is 5.05. The standard InChI is InChI=1S/C14H17NO3S/c1-11(16)15-9-10-19-14(17)8-5-12-3-6-13(18-2)7-4-12/h3-8H,9-10H2,1-2H3,(H,15,16)/b8-5+. The van der Waals surface area contributed by atoms with Crippen molar-refractivity contribution in [2.45, 2.75) is 6.92 Å². The van der Waals surface area contributed by atoms with Crippen molar-refractivity contribution in [3.8, 4) is 5.75 Å². The molecule has 0 radical (unpaired) electrons. The zero-order chi connectivity index (χ0) is 14.1. The van der Waals surface area contributed by atoms with Crippen molar-refractivity contribution < 1.29 is 14.3 Å². The SMILES string of the molecule is COc1ccc(/C=C/C(=O)SCCNC(C)=O)cc1. The van der Waals surface area contributed by atoms with E-state index in [1.165, 1.54) is 24.8 Å². The summed E-state index contributed by atoms with van der Waals surface area (Å²) in [6, 6.07) is 7.44. The Morgan fingerprint density at radius 1 is 1.32 bits per heavy atom. The van der Waals surface area contributed by atoms with Gasteiger partial charge in [0.05, 0.1) is 7.11 Å². The third kappa shape index (κ3) is 6.67. The summed E-state index contributed by atoms with van der Waals surface area (Å²) in [5.41, 5.74) is 0.941. The van der Waals surface area contributed by atoms with Crippen LogP contribution < -0.4 is 10.1 Å². The summed E-state index contributed by atoms with van der Waals surface area (Å²) in [7, 11) is 1.61. The van der Waals surface area contributed by atoms with Gasteiger partial charge in [-0.3, -0.25) is 9.59 Å². The van der Waals surface area contributed by atoms with E-state index in [1.54, 1.807) is 13.2 Å². The number of nitrogens with one attached hydrogen (secondary N) is 1. The van der Waals surface area contributed by atoms with E-state index in [9.17, 15) is 9.59 Å². The van der Waals surface area contributed by atoms with Crippen LogP contribution in [0.25, 0.3) is 6.08 Å². The van der Waals surface area contributed by atoms with Gasteiger partial charge in [0, 0.05) is 19.2 Å². The van der Waals surface area contributed by atoms with Crippen molar-refractivity contribution in [1.29, 1.82) is 0 Å². The molecule has 0 fully saturated rings. The van der Waals surface area contributed by atoms with Crippen LogP contribution in [0.5, 0.6) is 5.75 Å². The largest absolute Gasteiger partial charge is 0.497 e. The maximum absolute atomic E-state index is 11.5. The minimum Gasteiger partial charge on any atom is -0.497 e. The second-order valence-corrected chi connectivity index (χ2v) is 4.86. The van der Waals surface area contributed by atoms with Crippen LogP contribution in [0, 0.1) is 0 Å². The molecular weight excluding hydrogens is 262 g/mol. The van der Waals surface area contributed by atoms with Gasteiger partial charge in [0.1, 0.15) is 5.75 Å². The topological polar surface area (TPSA) is 55.4 Å². The lowest BCUT2D eigenvalue weighted by atomic mass is 10.2. The Morgan fingerprint density at radius 2 is 2.00 bits per heavy atom. The molecule has 0 aliphatic heterocycles. The van der Waals surface area contributed by atoms with Crippen LogP contribution in [0.2, 0.25) is 0 Å². The molecule has 0 aliphatic rings. The summed E-state index contributed by atoms with van der Waals surface area (Å²) >= 11 is 1.18. The fourth-order valence-electron chi connectivity index (χ4n) is 1.31. The van der Waals surface area contributed by atoms with E-state index in [2.05, 4.69) is 5.32 Å². The Bertz CT molecular complexity index is 454. The van der Waals surface area contributed by atoms with E-state index in [4.69, 9.17) is 4.74 Å². The molecule has 0 saturated carbocycles. The van der Waals surface area contributed by atoms with E-state index >= 15 is 0 Å². The number of hydrogen-bond acceptors (Lipinski definition) is 4. The number of hydrogen-bond donors (Lipinski definition) is 1. The minimum atomic E-state index is -0.0816. The average Bonchev–Trinajstić information content (AvgIpc) is 2.41. The van der Waals surface area contributed by atoms with Crippen LogP contribution in [0.15, 0.2) is 30.3 Å². The van der Waals surface area contributed by atoms with Crippen LogP contribution >= 0.6 is 11.8 Å². The van der Waals surface area contributed by atoms with Gasteiger partial charge < -0.3 is 10.1 Å². The number of rotatable bonds is 6. The first-order valence-corrected chi connectivity index (χ1v) is 6.83. The summed E-state index contributed by atoms with van der Waals surface area (Å²) in [6.45, 7) is 1.96. The molecule has 0 unspecified atom stereocenters. The maximum Gasteiger partial charge on any atom is 0.216 e. The number of carbonyl (C=O) groups excluding carboxylic acids is 2. The van der Waals surface area contributed by atoms with Crippen molar-refractivity contribution >= 4 is 28.9 Å². The molecule has 0 bridgehead atoms. The summed E-state index contributed by atoms with van der Waals surface area (Å²) in [5, 5.41) is 2.61. The summed E-state index contributed by atoms with van der Waals surface area (Å²) in [4.78, 5) is 22.1. The summed E-state index contributed by atoms with van der Waals surface area (Å²) in [5.74, 6) is 1.28. The van der Waals surface area contributed by atoms with Gasteiger partial charge in [-0.25, -0.2) is 0 Å². The molecule has 0 spiro atoms. The molecule has 0 atom stereocenters. The van der Waals surface area contributed by atoms with Crippen molar-refractivity contribution in [3.63, 3.8) is 0 Å². The highest BCUT2D eigenvalue weighted by Crippen LogP contribution is 2.13. The molecule has 1 aromatic rings. The molecule has 4 nitrogen and oxygen atoms in total. The molecule has 0 heterocycles. The third-order valence-electron chi connectivity index (χ3n) is 2.25. The quantitative estimate of drug-likeness (QED) is 0.640. The normalized spacial score (nSPS) is 10.4. The van der Waals surface area contributed by atoms with Crippen LogP contribution in [-0.2, 0) is 9.59 Å². The molecule has 0 saturated heterocycles. The van der Waals surface area contributed by atoms with E-state index in [-0.39, 0.29) is 11.0 Å². The molecular formula is C14H17NO3S. The highest BCUT2D eigenvalue weighted by atomic mass is 32.2. The number of amides is 1. The predicted molar refractivity (Wildman–Crippen MR) is 78.2 cm³/mol. The van der Waals surface area contributed by atoms with Gasteiger partial charge in [-0.05, 0) is 23.8 Å². The second kappa shape index (κ2) is 8.37. The van der Waals surface area contributed by atoms with E-state index in [0.717, 1.165) is 11.3 Å². The van der Waals surface area contributed by atoms with Crippen LogP contribution in [0.4, 0.5) is 0 Å². The van der Waals surface area contributed by atoms with E-state index < -0.39 is 0 Å².